The lowest BCUT2D eigenvalue weighted by Crippen LogP contribution is -2.24. The lowest BCUT2D eigenvalue weighted by molar-refractivity contribution is -0.457. The van der Waals surface area contributed by atoms with Crippen molar-refractivity contribution in [2.45, 2.75) is 45.7 Å². The fourth-order valence-electron chi connectivity index (χ4n) is 1.56. The number of halogens is 3. The third-order valence-corrected chi connectivity index (χ3v) is 2.67. The molecule has 0 aromatic heterocycles. The van der Waals surface area contributed by atoms with Crippen LogP contribution in [0.15, 0.2) is 12.2 Å². The molecule has 0 rings (SSSR count). The van der Waals surface area contributed by atoms with E-state index in [4.69, 9.17) is 0 Å². The van der Waals surface area contributed by atoms with Crippen molar-refractivity contribution in [2.24, 2.45) is 5.92 Å². The molecule has 0 saturated carbocycles. The zero-order chi connectivity index (χ0) is 16.3. The summed E-state index contributed by atoms with van der Waals surface area (Å²) in [7, 11) is 0. The summed E-state index contributed by atoms with van der Waals surface area (Å²) in [5.74, 6) is -1.99. The van der Waals surface area contributed by atoms with Gasteiger partial charge in [-0.3, -0.25) is 4.79 Å². The molecule has 21 heavy (non-hydrogen) atoms. The van der Waals surface area contributed by atoms with Gasteiger partial charge in [0.15, 0.2) is 12.8 Å². The van der Waals surface area contributed by atoms with Crippen LogP contribution in [0.25, 0.3) is 0 Å². The number of hydrogen-bond acceptors (Lipinski definition) is 3. The first-order valence-electron chi connectivity index (χ1n) is 6.91. The highest BCUT2D eigenvalue weighted by Crippen LogP contribution is 2.30. The number of hydrogen-bond donors (Lipinski definition) is 0. The lowest BCUT2D eigenvalue weighted by Gasteiger charge is -2.16. The van der Waals surface area contributed by atoms with Crippen LogP contribution in [0.4, 0.5) is 13.2 Å². The summed E-state index contributed by atoms with van der Waals surface area (Å²) in [6.07, 6.45) is 0.585. The van der Waals surface area contributed by atoms with Crippen molar-refractivity contribution in [3.63, 3.8) is 0 Å². The van der Waals surface area contributed by atoms with Crippen LogP contribution in [0, 0.1) is 11.1 Å². The second-order valence-electron chi connectivity index (χ2n) is 4.58. The van der Waals surface area contributed by atoms with E-state index in [0.29, 0.717) is 24.0 Å². The lowest BCUT2D eigenvalue weighted by atomic mass is 10.0. The number of alkyl halides is 3. The van der Waals surface area contributed by atoms with E-state index in [1.165, 1.54) is 19.2 Å². The van der Waals surface area contributed by atoms with Gasteiger partial charge in [0, 0.05) is 19.8 Å². The number of carbonyl (C=O) groups is 1. The standard InChI is InChI=1S/C14H22F3NO3/c1-3-4-7-13(14(15,16)17)8-10-18(20)9-5-6-11-21-12(2)19/h4,7,9,13H,3,5-6,8,10-11H2,1-2H3/b7-4+,18-9-. The SMILES string of the molecule is CC/C=C/C(CC/[N+]([O-])=C/CCCOC(C)=O)C(F)(F)F. The summed E-state index contributed by atoms with van der Waals surface area (Å²) in [5, 5.41) is 11.4. The van der Waals surface area contributed by atoms with Gasteiger partial charge in [-0.05, 0) is 12.8 Å². The van der Waals surface area contributed by atoms with Crippen molar-refractivity contribution in [1.82, 2.24) is 0 Å². The highest BCUT2D eigenvalue weighted by Gasteiger charge is 2.37. The maximum atomic E-state index is 12.7. The van der Waals surface area contributed by atoms with Gasteiger partial charge in [-0.2, -0.15) is 13.2 Å². The van der Waals surface area contributed by atoms with Crippen LogP contribution >= 0.6 is 0 Å². The monoisotopic (exact) mass is 309 g/mol. The highest BCUT2D eigenvalue weighted by molar-refractivity contribution is 5.65. The van der Waals surface area contributed by atoms with E-state index >= 15 is 0 Å². The van der Waals surface area contributed by atoms with Crippen LogP contribution in [-0.4, -0.2) is 36.3 Å². The van der Waals surface area contributed by atoms with Gasteiger partial charge < -0.3 is 9.94 Å². The maximum absolute atomic E-state index is 12.7. The zero-order valence-electron chi connectivity index (χ0n) is 12.4. The van der Waals surface area contributed by atoms with Gasteiger partial charge in [-0.15, -0.1) is 0 Å². The highest BCUT2D eigenvalue weighted by atomic mass is 19.4. The minimum atomic E-state index is -4.33. The number of ether oxygens (including phenoxy) is 1. The zero-order valence-corrected chi connectivity index (χ0v) is 12.4. The first-order valence-corrected chi connectivity index (χ1v) is 6.91. The molecule has 1 atom stereocenters. The molecule has 0 amide bonds. The molecular formula is C14H22F3NO3. The molecule has 0 aromatic carbocycles. The predicted octanol–water partition coefficient (Wildman–Crippen LogP) is 3.45. The number of nitrogens with zero attached hydrogens (tertiary/aromatic N) is 1. The summed E-state index contributed by atoms with van der Waals surface area (Å²) >= 11 is 0. The van der Waals surface area contributed by atoms with Crippen molar-refractivity contribution in [2.75, 3.05) is 13.2 Å². The van der Waals surface area contributed by atoms with E-state index in [9.17, 15) is 23.2 Å². The predicted molar refractivity (Wildman–Crippen MR) is 74.0 cm³/mol. The number of esters is 1. The molecule has 1 unspecified atom stereocenters. The summed E-state index contributed by atoms with van der Waals surface area (Å²) < 4.78 is 43.3. The molecule has 4 nitrogen and oxygen atoms in total. The van der Waals surface area contributed by atoms with Crippen molar-refractivity contribution in [3.05, 3.63) is 17.4 Å². The second kappa shape index (κ2) is 10.2. The first kappa shape index (κ1) is 19.5. The summed E-state index contributed by atoms with van der Waals surface area (Å²) in [5.41, 5.74) is 0. The normalized spacial score (nSPS) is 14.4. The van der Waals surface area contributed by atoms with Crippen molar-refractivity contribution >= 4 is 12.2 Å². The molecule has 0 aliphatic carbocycles. The number of unbranched alkanes of at least 4 members (excludes halogenated alkanes) is 1. The van der Waals surface area contributed by atoms with E-state index in [0.717, 1.165) is 6.08 Å². The van der Waals surface area contributed by atoms with Crippen LogP contribution in [-0.2, 0) is 9.53 Å². The minimum Gasteiger partial charge on any atom is -0.624 e. The van der Waals surface area contributed by atoms with E-state index in [-0.39, 0.29) is 19.6 Å². The molecule has 0 spiro atoms. The van der Waals surface area contributed by atoms with Gasteiger partial charge in [0.1, 0.15) is 0 Å². The Balaban J connectivity index is 4.14. The summed E-state index contributed by atoms with van der Waals surface area (Å²) in [6, 6.07) is 0. The molecule has 122 valence electrons. The molecule has 0 aliphatic rings. The van der Waals surface area contributed by atoms with Crippen molar-refractivity contribution in [3.8, 4) is 0 Å². The molecule has 7 heteroatoms. The fourth-order valence-corrected chi connectivity index (χ4v) is 1.56. The number of rotatable bonds is 9. The summed E-state index contributed by atoms with van der Waals surface area (Å²) in [4.78, 5) is 10.5. The van der Waals surface area contributed by atoms with Crippen LogP contribution < -0.4 is 0 Å². The Bertz CT molecular complexity index is 365. The Morgan fingerprint density at radius 2 is 2.10 bits per heavy atom. The molecule has 0 bridgehead atoms. The average Bonchev–Trinajstić information content (AvgIpc) is 2.36. The Morgan fingerprint density at radius 3 is 2.62 bits per heavy atom. The van der Waals surface area contributed by atoms with Gasteiger partial charge in [-0.1, -0.05) is 19.1 Å². The molecule has 0 aromatic rings. The molecule has 0 saturated heterocycles. The maximum Gasteiger partial charge on any atom is 0.395 e. The number of allylic oxidation sites excluding steroid dienone is 2. The van der Waals surface area contributed by atoms with Gasteiger partial charge in [0.05, 0.1) is 12.5 Å². The van der Waals surface area contributed by atoms with E-state index < -0.39 is 18.1 Å². The first-order chi connectivity index (χ1) is 9.77. The number of carbonyl (C=O) groups excluding carboxylic acids is 1. The molecular weight excluding hydrogens is 287 g/mol. The quantitative estimate of drug-likeness (QED) is 0.125. The van der Waals surface area contributed by atoms with Crippen molar-refractivity contribution in [1.29, 1.82) is 0 Å². The largest absolute Gasteiger partial charge is 0.624 e. The van der Waals surface area contributed by atoms with Crippen LogP contribution in [0.1, 0.15) is 39.5 Å². The van der Waals surface area contributed by atoms with Gasteiger partial charge in [-0.25, -0.2) is 4.74 Å². The van der Waals surface area contributed by atoms with Gasteiger partial charge in [0.2, 0.25) is 0 Å². The summed E-state index contributed by atoms with van der Waals surface area (Å²) in [6.45, 7) is 3.02. The smallest absolute Gasteiger partial charge is 0.395 e. The Morgan fingerprint density at radius 1 is 1.43 bits per heavy atom. The minimum absolute atomic E-state index is 0.198. The third kappa shape index (κ3) is 10.9. The third-order valence-electron chi connectivity index (χ3n) is 2.67. The number of hydroxylamine groups is 1. The molecule has 0 N–H and O–H groups in total. The van der Waals surface area contributed by atoms with Gasteiger partial charge >= 0.3 is 12.1 Å². The van der Waals surface area contributed by atoms with Gasteiger partial charge in [0.25, 0.3) is 0 Å². The Kier molecular flexibility index (Phi) is 9.49. The Hall–Kier alpha value is -1.53. The van der Waals surface area contributed by atoms with Crippen LogP contribution in [0.2, 0.25) is 0 Å². The Labute approximate surface area is 122 Å². The topological polar surface area (TPSA) is 52.4 Å². The fraction of sp³-hybridized carbons (Fsp3) is 0.714. The molecule has 0 radical (unpaired) electrons. The van der Waals surface area contributed by atoms with Crippen molar-refractivity contribution < 1.29 is 27.4 Å². The molecule has 0 fully saturated rings. The second-order valence-corrected chi connectivity index (χ2v) is 4.58. The van der Waals surface area contributed by atoms with E-state index in [2.05, 4.69) is 4.74 Å². The average molecular weight is 309 g/mol. The van der Waals surface area contributed by atoms with Crippen LogP contribution in [0.5, 0.6) is 0 Å². The van der Waals surface area contributed by atoms with Crippen LogP contribution in [0.3, 0.4) is 0 Å². The molecule has 0 heterocycles. The molecule has 0 aliphatic heterocycles. The van der Waals surface area contributed by atoms with E-state index in [1.54, 1.807) is 6.92 Å². The van der Waals surface area contributed by atoms with E-state index in [1.807, 2.05) is 0 Å².